The van der Waals surface area contributed by atoms with Gasteiger partial charge in [-0.1, -0.05) is 23.8 Å². The maximum Gasteiger partial charge on any atom is 0.251 e. The lowest BCUT2D eigenvalue weighted by Crippen LogP contribution is -2.29. The van der Waals surface area contributed by atoms with Gasteiger partial charge in [-0.05, 0) is 30.7 Å². The minimum Gasteiger partial charge on any atom is -0.348 e. The summed E-state index contributed by atoms with van der Waals surface area (Å²) in [5.41, 5.74) is 3.39. The van der Waals surface area contributed by atoms with Gasteiger partial charge in [-0.3, -0.25) is 4.79 Å². The Morgan fingerprint density at radius 3 is 2.59 bits per heavy atom. The molecule has 2 aliphatic heterocycles. The SMILES string of the molecule is Cl.O=C(NCC1=CCNCC1)c1ccc(C2SCCS2)cc1. The second-order valence-electron chi connectivity index (χ2n) is 5.19. The predicted molar refractivity (Wildman–Crippen MR) is 99.2 cm³/mol. The molecule has 0 aromatic heterocycles. The van der Waals surface area contributed by atoms with Crippen LogP contribution in [0.5, 0.6) is 0 Å². The summed E-state index contributed by atoms with van der Waals surface area (Å²) in [5, 5.41) is 6.29. The highest BCUT2D eigenvalue weighted by atomic mass is 35.5. The van der Waals surface area contributed by atoms with Gasteiger partial charge in [0, 0.05) is 30.2 Å². The number of nitrogens with one attached hydrogen (secondary N) is 2. The Balaban J connectivity index is 0.00000176. The Morgan fingerprint density at radius 1 is 1.23 bits per heavy atom. The number of hydrogen-bond donors (Lipinski definition) is 2. The number of rotatable bonds is 4. The Hall–Kier alpha value is -0.620. The first-order valence-electron chi connectivity index (χ1n) is 7.33. The third kappa shape index (κ3) is 4.69. The van der Waals surface area contributed by atoms with E-state index in [-0.39, 0.29) is 18.3 Å². The summed E-state index contributed by atoms with van der Waals surface area (Å²) in [6.45, 7) is 2.58. The number of carbonyl (C=O) groups excluding carboxylic acids is 1. The van der Waals surface area contributed by atoms with Gasteiger partial charge in [0.05, 0.1) is 4.58 Å². The predicted octanol–water partition coefficient (Wildman–Crippen LogP) is 3.24. The van der Waals surface area contributed by atoms with Crippen LogP contribution in [0.2, 0.25) is 0 Å². The highest BCUT2D eigenvalue weighted by Gasteiger charge is 2.18. The van der Waals surface area contributed by atoms with Crippen LogP contribution in [0.1, 0.15) is 26.9 Å². The third-order valence-corrected chi connectivity index (χ3v) is 6.81. The second-order valence-corrected chi connectivity index (χ2v) is 7.92. The molecule has 0 atom stereocenters. The number of halogens is 1. The highest BCUT2D eigenvalue weighted by molar-refractivity contribution is 8.19. The molecule has 0 spiro atoms. The Labute approximate surface area is 146 Å². The van der Waals surface area contributed by atoms with E-state index in [1.807, 2.05) is 35.7 Å². The van der Waals surface area contributed by atoms with E-state index in [4.69, 9.17) is 0 Å². The summed E-state index contributed by atoms with van der Waals surface area (Å²) in [6.07, 6.45) is 3.19. The molecule has 3 rings (SSSR count). The molecule has 3 nitrogen and oxygen atoms in total. The first kappa shape index (κ1) is 17.7. The molecule has 0 bridgehead atoms. The minimum atomic E-state index is 0. The van der Waals surface area contributed by atoms with Gasteiger partial charge in [-0.2, -0.15) is 0 Å². The molecule has 1 fully saturated rings. The Bertz CT molecular complexity index is 527. The van der Waals surface area contributed by atoms with Crippen LogP contribution in [0.25, 0.3) is 0 Å². The van der Waals surface area contributed by atoms with E-state index in [0.717, 1.165) is 25.1 Å². The molecule has 2 N–H and O–H groups in total. The lowest BCUT2D eigenvalue weighted by molar-refractivity contribution is 0.0956. The fourth-order valence-electron chi connectivity index (χ4n) is 2.47. The van der Waals surface area contributed by atoms with Crippen LogP contribution in [-0.2, 0) is 0 Å². The monoisotopic (exact) mass is 356 g/mol. The van der Waals surface area contributed by atoms with Crippen molar-refractivity contribution < 1.29 is 4.79 Å². The molecule has 1 aromatic rings. The molecule has 2 heterocycles. The number of hydrogen-bond acceptors (Lipinski definition) is 4. The minimum absolute atomic E-state index is 0. The molecule has 0 saturated carbocycles. The van der Waals surface area contributed by atoms with Crippen molar-refractivity contribution in [3.63, 3.8) is 0 Å². The van der Waals surface area contributed by atoms with Gasteiger partial charge in [0.1, 0.15) is 0 Å². The van der Waals surface area contributed by atoms with E-state index in [2.05, 4.69) is 28.8 Å². The van der Waals surface area contributed by atoms with Crippen molar-refractivity contribution in [3.05, 3.63) is 47.0 Å². The standard InChI is InChI=1S/C16H20N2OS2.ClH/c19-15(18-11-12-5-7-17-8-6-12)13-1-3-14(4-2-13)16-20-9-10-21-16;/h1-5,16-17H,6-11H2,(H,18,19);1H. The first-order valence-corrected chi connectivity index (χ1v) is 9.43. The van der Waals surface area contributed by atoms with Crippen LogP contribution in [0.3, 0.4) is 0 Å². The van der Waals surface area contributed by atoms with Crippen LogP contribution in [-0.4, -0.2) is 37.0 Å². The zero-order valence-corrected chi connectivity index (χ0v) is 14.8. The number of amides is 1. The number of thioether (sulfide) groups is 2. The smallest absolute Gasteiger partial charge is 0.251 e. The average Bonchev–Trinajstić information content (AvgIpc) is 3.08. The molecule has 6 heteroatoms. The van der Waals surface area contributed by atoms with Crippen LogP contribution in [0.15, 0.2) is 35.9 Å². The van der Waals surface area contributed by atoms with Gasteiger partial charge >= 0.3 is 0 Å². The molecule has 1 saturated heterocycles. The van der Waals surface area contributed by atoms with E-state index in [1.54, 1.807) is 0 Å². The lowest BCUT2D eigenvalue weighted by atomic mass is 10.1. The summed E-state index contributed by atoms with van der Waals surface area (Å²) in [4.78, 5) is 12.2. The van der Waals surface area contributed by atoms with Gasteiger partial charge in [0.2, 0.25) is 0 Å². The van der Waals surface area contributed by atoms with Gasteiger partial charge in [0.25, 0.3) is 5.91 Å². The quantitative estimate of drug-likeness (QED) is 0.813. The van der Waals surface area contributed by atoms with Crippen LogP contribution >= 0.6 is 35.9 Å². The summed E-state index contributed by atoms with van der Waals surface area (Å²) in [7, 11) is 0. The molecule has 120 valence electrons. The Kier molecular flexibility index (Phi) is 7.15. The molecule has 0 unspecified atom stereocenters. The van der Waals surface area contributed by atoms with E-state index >= 15 is 0 Å². The van der Waals surface area contributed by atoms with Gasteiger partial charge < -0.3 is 10.6 Å². The van der Waals surface area contributed by atoms with Gasteiger partial charge in [0.15, 0.2) is 0 Å². The number of carbonyl (C=O) groups is 1. The summed E-state index contributed by atoms with van der Waals surface area (Å²) < 4.78 is 0.544. The van der Waals surface area contributed by atoms with Crippen molar-refractivity contribution in [3.8, 4) is 0 Å². The molecular formula is C16H21ClN2OS2. The zero-order chi connectivity index (χ0) is 14.5. The molecule has 1 amide bonds. The maximum absolute atomic E-state index is 12.2. The van der Waals surface area contributed by atoms with E-state index in [0.29, 0.717) is 11.1 Å². The lowest BCUT2D eigenvalue weighted by Gasteiger charge is -2.15. The van der Waals surface area contributed by atoms with Gasteiger partial charge in [-0.15, -0.1) is 35.9 Å². The van der Waals surface area contributed by atoms with E-state index in [1.165, 1.54) is 22.6 Å². The van der Waals surface area contributed by atoms with Crippen molar-refractivity contribution in [1.82, 2.24) is 10.6 Å². The van der Waals surface area contributed by atoms with E-state index < -0.39 is 0 Å². The first-order chi connectivity index (χ1) is 10.3. The van der Waals surface area contributed by atoms with E-state index in [9.17, 15) is 4.79 Å². The molecule has 0 radical (unpaired) electrons. The topological polar surface area (TPSA) is 41.1 Å². The normalized spacial score (nSPS) is 18.5. The van der Waals surface area contributed by atoms with Crippen molar-refractivity contribution >= 4 is 41.8 Å². The fourth-order valence-corrected chi connectivity index (χ4v) is 5.33. The van der Waals surface area contributed by atoms with Crippen LogP contribution < -0.4 is 10.6 Å². The zero-order valence-electron chi connectivity index (χ0n) is 12.3. The highest BCUT2D eigenvalue weighted by Crippen LogP contribution is 2.45. The van der Waals surface area contributed by atoms with Crippen molar-refractivity contribution in [1.29, 1.82) is 0 Å². The third-order valence-electron chi connectivity index (χ3n) is 3.70. The van der Waals surface area contributed by atoms with Crippen LogP contribution in [0.4, 0.5) is 0 Å². The Morgan fingerprint density at radius 2 is 1.95 bits per heavy atom. The summed E-state index contributed by atoms with van der Waals surface area (Å²) in [6, 6.07) is 8.07. The number of benzene rings is 1. The summed E-state index contributed by atoms with van der Waals surface area (Å²) >= 11 is 3.98. The van der Waals surface area contributed by atoms with Crippen molar-refractivity contribution in [2.45, 2.75) is 11.0 Å². The maximum atomic E-state index is 12.2. The van der Waals surface area contributed by atoms with Gasteiger partial charge in [-0.25, -0.2) is 0 Å². The average molecular weight is 357 g/mol. The second kappa shape index (κ2) is 8.87. The molecule has 0 aliphatic carbocycles. The summed E-state index contributed by atoms with van der Waals surface area (Å²) in [5.74, 6) is 2.47. The fraction of sp³-hybridized carbons (Fsp3) is 0.438. The molecular weight excluding hydrogens is 336 g/mol. The molecule has 22 heavy (non-hydrogen) atoms. The van der Waals surface area contributed by atoms with Crippen molar-refractivity contribution in [2.24, 2.45) is 0 Å². The van der Waals surface area contributed by atoms with Crippen LogP contribution in [0, 0.1) is 0 Å². The van der Waals surface area contributed by atoms with Crippen molar-refractivity contribution in [2.75, 3.05) is 31.1 Å². The largest absolute Gasteiger partial charge is 0.348 e. The molecule has 1 aromatic carbocycles. The molecule has 2 aliphatic rings.